The fourth-order valence-electron chi connectivity index (χ4n) is 3.34. The van der Waals surface area contributed by atoms with Crippen molar-refractivity contribution in [2.24, 2.45) is 0 Å². The Bertz CT molecular complexity index is 1030. The number of hydrogen-bond acceptors (Lipinski definition) is 5. The standard InChI is InChI=1S/C21H23N5OS/c1-12-5-8-16(9-6-12)18-19(28-21-24-23-15(4)26(21)25-18)20(27)22-17-10-7-13(2)11-14(17)3/h5-11,18-19,25H,1-4H3,(H,22,27). The highest BCUT2D eigenvalue weighted by molar-refractivity contribution is 8.00. The van der Waals surface area contributed by atoms with E-state index in [9.17, 15) is 4.79 Å². The molecule has 0 fully saturated rings. The summed E-state index contributed by atoms with van der Waals surface area (Å²) >= 11 is 1.44. The molecule has 0 aliphatic carbocycles. The van der Waals surface area contributed by atoms with E-state index in [1.165, 1.54) is 22.9 Å². The van der Waals surface area contributed by atoms with Crippen LogP contribution in [-0.4, -0.2) is 26.0 Å². The molecule has 0 saturated carbocycles. The third kappa shape index (κ3) is 3.49. The van der Waals surface area contributed by atoms with Crippen LogP contribution >= 0.6 is 11.8 Å². The molecule has 2 unspecified atom stereocenters. The van der Waals surface area contributed by atoms with Crippen LogP contribution in [0.3, 0.4) is 0 Å². The lowest BCUT2D eigenvalue weighted by molar-refractivity contribution is -0.116. The molecule has 4 rings (SSSR count). The minimum atomic E-state index is -0.375. The van der Waals surface area contributed by atoms with Crippen LogP contribution in [0.1, 0.15) is 34.1 Å². The molecular formula is C21H23N5OS. The molecule has 2 N–H and O–H groups in total. The van der Waals surface area contributed by atoms with Crippen molar-refractivity contribution in [3.63, 3.8) is 0 Å². The highest BCUT2D eigenvalue weighted by Gasteiger charge is 2.37. The van der Waals surface area contributed by atoms with Gasteiger partial charge in [-0.15, -0.1) is 10.2 Å². The smallest absolute Gasteiger partial charge is 0.240 e. The second kappa shape index (κ2) is 7.31. The first kappa shape index (κ1) is 18.6. The van der Waals surface area contributed by atoms with Gasteiger partial charge in [0, 0.05) is 5.69 Å². The number of aromatic nitrogens is 3. The number of rotatable bonds is 3. The summed E-state index contributed by atoms with van der Waals surface area (Å²) in [5.41, 5.74) is 8.73. The van der Waals surface area contributed by atoms with Gasteiger partial charge < -0.3 is 10.7 Å². The van der Waals surface area contributed by atoms with E-state index in [0.29, 0.717) is 5.16 Å². The largest absolute Gasteiger partial charge is 0.325 e. The maximum atomic E-state index is 13.2. The molecule has 0 bridgehead atoms. The van der Waals surface area contributed by atoms with Crippen molar-refractivity contribution < 1.29 is 4.79 Å². The van der Waals surface area contributed by atoms with Crippen LogP contribution in [0, 0.1) is 27.7 Å². The Balaban J connectivity index is 1.67. The monoisotopic (exact) mass is 393 g/mol. The lowest BCUT2D eigenvalue weighted by Crippen LogP contribution is -2.41. The van der Waals surface area contributed by atoms with Gasteiger partial charge in [0.25, 0.3) is 0 Å². The van der Waals surface area contributed by atoms with Crippen LogP contribution in [0.25, 0.3) is 0 Å². The number of hydrogen-bond donors (Lipinski definition) is 2. The number of fused-ring (bicyclic) bond motifs is 1. The van der Waals surface area contributed by atoms with Gasteiger partial charge in [-0.1, -0.05) is 59.3 Å². The Hall–Kier alpha value is -2.80. The van der Waals surface area contributed by atoms with Crippen molar-refractivity contribution in [2.45, 2.75) is 44.1 Å². The second-order valence-corrected chi connectivity index (χ2v) is 8.34. The van der Waals surface area contributed by atoms with Crippen LogP contribution in [0.4, 0.5) is 5.69 Å². The summed E-state index contributed by atoms with van der Waals surface area (Å²) in [4.78, 5) is 13.2. The third-order valence-electron chi connectivity index (χ3n) is 4.93. The van der Waals surface area contributed by atoms with Gasteiger partial charge in [0.15, 0.2) is 0 Å². The molecule has 1 aromatic heterocycles. The average molecular weight is 394 g/mol. The van der Waals surface area contributed by atoms with Gasteiger partial charge in [0.05, 0.1) is 6.04 Å². The van der Waals surface area contributed by atoms with Crippen molar-refractivity contribution in [3.05, 3.63) is 70.5 Å². The van der Waals surface area contributed by atoms with E-state index in [-0.39, 0.29) is 17.2 Å². The predicted octanol–water partition coefficient (Wildman–Crippen LogP) is 3.91. The molecule has 2 aromatic carbocycles. The van der Waals surface area contributed by atoms with E-state index in [1.807, 2.05) is 37.6 Å². The lowest BCUT2D eigenvalue weighted by Gasteiger charge is -2.33. The third-order valence-corrected chi connectivity index (χ3v) is 6.15. The molecule has 3 aromatic rings. The summed E-state index contributed by atoms with van der Waals surface area (Å²) in [7, 11) is 0. The molecule has 28 heavy (non-hydrogen) atoms. The van der Waals surface area contributed by atoms with E-state index in [4.69, 9.17) is 0 Å². The molecule has 144 valence electrons. The number of thioether (sulfide) groups is 1. The Morgan fingerprint density at radius 2 is 1.75 bits per heavy atom. The number of amides is 1. The number of carbonyl (C=O) groups excluding carboxylic acids is 1. The molecule has 2 atom stereocenters. The Morgan fingerprint density at radius 3 is 2.46 bits per heavy atom. The number of aryl methyl sites for hydroxylation is 4. The number of benzene rings is 2. The van der Waals surface area contributed by atoms with Crippen LogP contribution in [0.15, 0.2) is 47.6 Å². The summed E-state index contributed by atoms with van der Waals surface area (Å²) in [6, 6.07) is 14.1. The fraction of sp³-hybridized carbons (Fsp3) is 0.286. The highest BCUT2D eigenvalue weighted by atomic mass is 32.2. The Labute approximate surface area is 168 Å². The molecular weight excluding hydrogens is 370 g/mol. The molecule has 0 saturated heterocycles. The van der Waals surface area contributed by atoms with Gasteiger partial charge in [0.1, 0.15) is 11.1 Å². The zero-order valence-electron chi connectivity index (χ0n) is 16.4. The highest BCUT2D eigenvalue weighted by Crippen LogP contribution is 2.37. The van der Waals surface area contributed by atoms with Gasteiger partial charge >= 0.3 is 0 Å². The molecule has 1 amide bonds. The summed E-state index contributed by atoms with van der Waals surface area (Å²) < 4.78 is 1.86. The van der Waals surface area contributed by atoms with Crippen LogP contribution in [0.5, 0.6) is 0 Å². The van der Waals surface area contributed by atoms with Gasteiger partial charge in [-0.25, -0.2) is 4.68 Å². The Kier molecular flexibility index (Phi) is 4.85. The first-order chi connectivity index (χ1) is 13.4. The first-order valence-electron chi connectivity index (χ1n) is 9.22. The number of carbonyl (C=O) groups is 1. The first-order valence-corrected chi connectivity index (χ1v) is 10.1. The number of anilines is 1. The molecule has 2 heterocycles. The molecule has 1 aliphatic rings. The normalized spacial score (nSPS) is 18.3. The van der Waals surface area contributed by atoms with Crippen molar-refractivity contribution in [2.75, 3.05) is 10.7 Å². The zero-order chi connectivity index (χ0) is 19.8. The van der Waals surface area contributed by atoms with Gasteiger partial charge in [-0.05, 0) is 44.9 Å². The summed E-state index contributed by atoms with van der Waals surface area (Å²) in [6.45, 7) is 8.00. The quantitative estimate of drug-likeness (QED) is 0.706. The molecule has 1 aliphatic heterocycles. The fourth-order valence-corrected chi connectivity index (χ4v) is 4.47. The summed E-state index contributed by atoms with van der Waals surface area (Å²) in [5, 5.41) is 11.8. The maximum absolute atomic E-state index is 13.2. The van der Waals surface area contributed by atoms with E-state index in [0.717, 1.165) is 22.6 Å². The maximum Gasteiger partial charge on any atom is 0.240 e. The topological polar surface area (TPSA) is 71.8 Å². The summed E-state index contributed by atoms with van der Waals surface area (Å²) in [6.07, 6.45) is 0. The Morgan fingerprint density at radius 1 is 1.04 bits per heavy atom. The van der Waals surface area contributed by atoms with Crippen LogP contribution in [-0.2, 0) is 4.79 Å². The SMILES string of the molecule is Cc1ccc(C2Nn3c(C)nnc3SC2C(=O)Nc2ccc(C)cc2C)cc1. The molecule has 7 heteroatoms. The second-order valence-electron chi connectivity index (χ2n) is 7.23. The van der Waals surface area contributed by atoms with Crippen molar-refractivity contribution in [3.8, 4) is 0 Å². The van der Waals surface area contributed by atoms with E-state index in [1.54, 1.807) is 0 Å². The van der Waals surface area contributed by atoms with E-state index < -0.39 is 0 Å². The predicted molar refractivity (Wildman–Crippen MR) is 112 cm³/mol. The van der Waals surface area contributed by atoms with Gasteiger partial charge in [-0.3, -0.25) is 4.79 Å². The van der Waals surface area contributed by atoms with Crippen molar-refractivity contribution in [1.82, 2.24) is 14.9 Å². The van der Waals surface area contributed by atoms with Crippen LogP contribution < -0.4 is 10.7 Å². The van der Waals surface area contributed by atoms with Gasteiger partial charge in [-0.2, -0.15) is 0 Å². The van der Waals surface area contributed by atoms with Gasteiger partial charge in [0.2, 0.25) is 11.1 Å². The zero-order valence-corrected chi connectivity index (χ0v) is 17.2. The minimum absolute atomic E-state index is 0.0538. The lowest BCUT2D eigenvalue weighted by atomic mass is 10.0. The number of nitrogens with one attached hydrogen (secondary N) is 2. The van der Waals surface area contributed by atoms with Crippen LogP contribution in [0.2, 0.25) is 0 Å². The molecule has 0 radical (unpaired) electrons. The van der Waals surface area contributed by atoms with Crippen molar-refractivity contribution in [1.29, 1.82) is 0 Å². The van der Waals surface area contributed by atoms with E-state index >= 15 is 0 Å². The summed E-state index contributed by atoms with van der Waals surface area (Å²) in [5.74, 6) is 0.717. The molecule has 6 nitrogen and oxygen atoms in total. The average Bonchev–Trinajstić information content (AvgIpc) is 3.04. The van der Waals surface area contributed by atoms with Crippen molar-refractivity contribution >= 4 is 23.4 Å². The number of nitrogens with zero attached hydrogens (tertiary/aromatic N) is 3. The minimum Gasteiger partial charge on any atom is -0.325 e. The molecule has 0 spiro atoms. The van der Waals surface area contributed by atoms with E-state index in [2.05, 4.69) is 58.2 Å².